The minimum Gasteiger partial charge on any atom is -0.311 e. The summed E-state index contributed by atoms with van der Waals surface area (Å²) in [6.07, 6.45) is 0. The second-order valence-corrected chi connectivity index (χ2v) is 20.9. The molecule has 0 bridgehead atoms. The maximum atomic E-state index is 2.60. The maximum Gasteiger partial charge on any atom is 0.252 e. The molecule has 53 heavy (non-hydrogen) atoms. The zero-order valence-corrected chi connectivity index (χ0v) is 35.2. The molecule has 2 aliphatic rings. The first-order valence-electron chi connectivity index (χ1n) is 19.7. The summed E-state index contributed by atoms with van der Waals surface area (Å²) in [6.45, 7) is 35.1. The lowest BCUT2D eigenvalue weighted by atomic mass is 9.33. The molecule has 0 saturated heterocycles. The highest BCUT2D eigenvalue weighted by Gasteiger charge is 2.44. The lowest BCUT2D eigenvalue weighted by molar-refractivity contribution is 0.568. The Morgan fingerprint density at radius 3 is 1.28 bits per heavy atom. The molecule has 0 spiro atoms. The Hall–Kier alpha value is -4.24. The summed E-state index contributed by atoms with van der Waals surface area (Å²) in [6, 6.07) is 38.2. The number of rotatable bonds is 2. The van der Waals surface area contributed by atoms with Gasteiger partial charge in [0.2, 0.25) is 0 Å². The number of para-hydroxylation sites is 1. The zero-order valence-electron chi connectivity index (χ0n) is 35.2. The molecule has 2 aliphatic heterocycles. The van der Waals surface area contributed by atoms with E-state index in [9.17, 15) is 0 Å². The van der Waals surface area contributed by atoms with E-state index >= 15 is 0 Å². The largest absolute Gasteiger partial charge is 0.311 e. The zero-order chi connectivity index (χ0) is 38.6. The van der Waals surface area contributed by atoms with Gasteiger partial charge in [0.05, 0.1) is 0 Å². The van der Waals surface area contributed by atoms with Gasteiger partial charge in [-0.05, 0) is 120 Å². The number of hydrogen-bond donors (Lipinski definition) is 0. The van der Waals surface area contributed by atoms with Gasteiger partial charge < -0.3 is 9.80 Å². The van der Waals surface area contributed by atoms with Crippen LogP contribution < -0.4 is 26.2 Å². The Bertz CT molecular complexity index is 2170. The fourth-order valence-corrected chi connectivity index (χ4v) is 8.12. The Kier molecular flexibility index (Phi) is 8.50. The standard InChI is InChI=1S/C50H61BN2/c1-46(2,3)32-20-23-37(24-21-32)52-42-25-22-33(47(4,5)6)29-40(42)51-39-18-16-17-19-41(39)53(44-31-36(50(13,14)15)30-43(52)45(44)51)38-27-34(48(7,8)9)26-35(28-38)49(10,11)12/h16-31H,1-15H3. The Morgan fingerprint density at radius 2 is 0.774 bits per heavy atom. The summed E-state index contributed by atoms with van der Waals surface area (Å²) in [4.78, 5) is 5.17. The number of benzene rings is 5. The summed E-state index contributed by atoms with van der Waals surface area (Å²) < 4.78 is 0. The smallest absolute Gasteiger partial charge is 0.252 e. The molecule has 0 unspecified atom stereocenters. The van der Waals surface area contributed by atoms with Gasteiger partial charge in [-0.1, -0.05) is 152 Å². The summed E-state index contributed by atoms with van der Waals surface area (Å²) in [7, 11) is 0. The first-order chi connectivity index (χ1) is 24.4. The van der Waals surface area contributed by atoms with E-state index in [1.165, 1.54) is 78.3 Å². The van der Waals surface area contributed by atoms with Crippen LogP contribution in [-0.2, 0) is 27.1 Å². The monoisotopic (exact) mass is 700 g/mol. The van der Waals surface area contributed by atoms with Gasteiger partial charge in [-0.25, -0.2) is 0 Å². The Labute approximate surface area is 321 Å². The van der Waals surface area contributed by atoms with Crippen LogP contribution in [0.5, 0.6) is 0 Å². The van der Waals surface area contributed by atoms with E-state index in [0.29, 0.717) is 0 Å². The van der Waals surface area contributed by atoms with Gasteiger partial charge >= 0.3 is 0 Å². The van der Waals surface area contributed by atoms with Gasteiger partial charge in [0.25, 0.3) is 6.71 Å². The molecule has 0 N–H and O–H groups in total. The number of nitrogens with zero attached hydrogens (tertiary/aromatic N) is 2. The van der Waals surface area contributed by atoms with Crippen molar-refractivity contribution in [2.45, 2.75) is 131 Å². The van der Waals surface area contributed by atoms with E-state index < -0.39 is 0 Å². The van der Waals surface area contributed by atoms with E-state index in [2.05, 4.69) is 211 Å². The van der Waals surface area contributed by atoms with Crippen LogP contribution in [0.25, 0.3) is 0 Å². The quantitative estimate of drug-likeness (QED) is 0.166. The molecule has 0 aromatic heterocycles. The molecule has 2 heterocycles. The van der Waals surface area contributed by atoms with Crippen molar-refractivity contribution in [3.8, 4) is 0 Å². The van der Waals surface area contributed by atoms with Crippen molar-refractivity contribution >= 4 is 57.2 Å². The lowest BCUT2D eigenvalue weighted by Gasteiger charge is -2.45. The average Bonchev–Trinajstić information content (AvgIpc) is 3.05. The second kappa shape index (κ2) is 12.1. The molecule has 5 aromatic rings. The minimum atomic E-state index is -0.0639. The summed E-state index contributed by atoms with van der Waals surface area (Å²) in [5.41, 5.74) is 18.4. The normalized spacial score (nSPS) is 14.6. The lowest BCUT2D eigenvalue weighted by Crippen LogP contribution is -2.61. The van der Waals surface area contributed by atoms with E-state index in [4.69, 9.17) is 0 Å². The molecular formula is C50H61BN2. The molecule has 7 rings (SSSR count). The van der Waals surface area contributed by atoms with Gasteiger partial charge in [-0.15, -0.1) is 0 Å². The predicted molar refractivity (Wildman–Crippen MR) is 234 cm³/mol. The average molecular weight is 701 g/mol. The van der Waals surface area contributed by atoms with Crippen molar-refractivity contribution in [1.82, 2.24) is 0 Å². The molecule has 3 heteroatoms. The van der Waals surface area contributed by atoms with Crippen LogP contribution >= 0.6 is 0 Å². The van der Waals surface area contributed by atoms with Crippen LogP contribution in [-0.4, -0.2) is 6.71 Å². The van der Waals surface area contributed by atoms with Crippen molar-refractivity contribution in [2.75, 3.05) is 9.80 Å². The molecule has 0 radical (unpaired) electrons. The van der Waals surface area contributed by atoms with Gasteiger partial charge in [0.15, 0.2) is 0 Å². The molecule has 2 nitrogen and oxygen atoms in total. The fourth-order valence-electron chi connectivity index (χ4n) is 8.12. The molecule has 0 fully saturated rings. The highest BCUT2D eigenvalue weighted by atomic mass is 15.2. The minimum absolute atomic E-state index is 0.00114. The highest BCUT2D eigenvalue weighted by Crippen LogP contribution is 2.47. The Morgan fingerprint density at radius 1 is 0.340 bits per heavy atom. The van der Waals surface area contributed by atoms with Gasteiger partial charge in [0.1, 0.15) is 0 Å². The van der Waals surface area contributed by atoms with Gasteiger partial charge in [-0.3, -0.25) is 0 Å². The first kappa shape index (κ1) is 37.1. The van der Waals surface area contributed by atoms with Crippen molar-refractivity contribution in [2.24, 2.45) is 0 Å². The van der Waals surface area contributed by atoms with E-state index in [-0.39, 0.29) is 33.8 Å². The Balaban J connectivity index is 1.62. The summed E-state index contributed by atoms with van der Waals surface area (Å²) in [5, 5.41) is 0. The van der Waals surface area contributed by atoms with Crippen molar-refractivity contribution in [3.05, 3.63) is 125 Å². The molecule has 0 atom stereocenters. The molecule has 274 valence electrons. The van der Waals surface area contributed by atoms with Crippen molar-refractivity contribution in [3.63, 3.8) is 0 Å². The second-order valence-electron chi connectivity index (χ2n) is 20.9. The summed E-state index contributed by atoms with van der Waals surface area (Å²) >= 11 is 0. The third-order valence-corrected chi connectivity index (χ3v) is 11.6. The van der Waals surface area contributed by atoms with Crippen LogP contribution in [0.15, 0.2) is 97.1 Å². The first-order valence-corrected chi connectivity index (χ1v) is 19.7. The topological polar surface area (TPSA) is 6.48 Å². The summed E-state index contributed by atoms with van der Waals surface area (Å²) in [5.74, 6) is 0. The van der Waals surface area contributed by atoms with E-state index in [0.717, 1.165) is 0 Å². The third kappa shape index (κ3) is 6.53. The number of anilines is 6. The molecular weight excluding hydrogens is 639 g/mol. The van der Waals surface area contributed by atoms with Crippen molar-refractivity contribution < 1.29 is 0 Å². The van der Waals surface area contributed by atoms with Crippen LogP contribution in [0.2, 0.25) is 0 Å². The van der Waals surface area contributed by atoms with Gasteiger partial charge in [0, 0.05) is 34.1 Å². The van der Waals surface area contributed by atoms with Crippen LogP contribution in [0.3, 0.4) is 0 Å². The van der Waals surface area contributed by atoms with Crippen LogP contribution in [0.1, 0.15) is 132 Å². The highest BCUT2D eigenvalue weighted by molar-refractivity contribution is 7.00. The SMILES string of the molecule is CC(C)(C)c1ccc(N2c3ccc(C(C)(C)C)cc3B3c4ccccc4N(c4cc(C(C)(C)C)cc(C(C)(C)C)c4)c4cc(C(C)(C)C)cc2c43)cc1. The maximum absolute atomic E-state index is 2.60. The van der Waals surface area contributed by atoms with Crippen LogP contribution in [0.4, 0.5) is 34.1 Å². The molecule has 0 amide bonds. The van der Waals surface area contributed by atoms with E-state index in [1.54, 1.807) is 0 Å². The fraction of sp³-hybridized carbons (Fsp3) is 0.400. The molecule has 0 saturated carbocycles. The van der Waals surface area contributed by atoms with Crippen molar-refractivity contribution in [1.29, 1.82) is 0 Å². The third-order valence-electron chi connectivity index (χ3n) is 11.6. The molecule has 5 aromatic carbocycles. The number of fused-ring (bicyclic) bond motifs is 4. The van der Waals surface area contributed by atoms with Crippen LogP contribution in [0, 0.1) is 0 Å². The van der Waals surface area contributed by atoms with E-state index in [1.807, 2.05) is 0 Å². The predicted octanol–water partition coefficient (Wildman–Crippen LogP) is 12.3. The number of hydrogen-bond acceptors (Lipinski definition) is 2. The molecule has 0 aliphatic carbocycles. The van der Waals surface area contributed by atoms with Gasteiger partial charge in [-0.2, -0.15) is 0 Å².